The van der Waals surface area contributed by atoms with Gasteiger partial charge in [0.05, 0.1) is 11.4 Å². The third-order valence-electron chi connectivity index (χ3n) is 2.47. The highest BCUT2D eigenvalue weighted by Crippen LogP contribution is 2.17. The van der Waals surface area contributed by atoms with Crippen molar-refractivity contribution in [3.05, 3.63) is 44.8 Å². The molecule has 19 heavy (non-hydrogen) atoms. The van der Waals surface area contributed by atoms with Crippen molar-refractivity contribution in [1.29, 1.82) is 0 Å². The second-order valence-electron chi connectivity index (χ2n) is 3.86. The van der Waals surface area contributed by atoms with E-state index < -0.39 is 10.0 Å². The van der Waals surface area contributed by atoms with E-state index in [2.05, 4.69) is 25.6 Å². The summed E-state index contributed by atoms with van der Waals surface area (Å²) in [6, 6.07) is 6.61. The van der Waals surface area contributed by atoms with Crippen LogP contribution in [0, 0.1) is 0 Å². The third-order valence-corrected chi connectivity index (χ3v) is 5.50. The van der Waals surface area contributed by atoms with Gasteiger partial charge in [0.25, 0.3) is 0 Å². The SMILES string of the molecule is CCc1cnc(CNS(=O)(=O)c2cccc(Br)c2)s1. The maximum Gasteiger partial charge on any atom is 0.240 e. The van der Waals surface area contributed by atoms with Crippen LogP contribution in [0.15, 0.2) is 39.8 Å². The van der Waals surface area contributed by atoms with E-state index >= 15 is 0 Å². The summed E-state index contributed by atoms with van der Waals surface area (Å²) in [7, 11) is -3.49. The lowest BCUT2D eigenvalue weighted by Gasteiger charge is -2.05. The quantitative estimate of drug-likeness (QED) is 0.891. The second-order valence-corrected chi connectivity index (χ2v) is 7.74. The Balaban J connectivity index is 2.09. The third kappa shape index (κ3) is 3.85. The minimum absolute atomic E-state index is 0.222. The number of aromatic nitrogens is 1. The van der Waals surface area contributed by atoms with E-state index in [4.69, 9.17) is 0 Å². The Labute approximate surface area is 125 Å². The van der Waals surface area contributed by atoms with E-state index in [0.29, 0.717) is 0 Å². The molecular weight excluding hydrogens is 348 g/mol. The Morgan fingerprint density at radius 1 is 1.42 bits per heavy atom. The molecule has 0 spiro atoms. The van der Waals surface area contributed by atoms with Crippen molar-refractivity contribution < 1.29 is 8.42 Å². The second kappa shape index (κ2) is 6.13. The minimum atomic E-state index is -3.49. The van der Waals surface area contributed by atoms with E-state index in [1.165, 1.54) is 11.3 Å². The fourth-order valence-corrected chi connectivity index (χ4v) is 3.94. The van der Waals surface area contributed by atoms with Crippen LogP contribution in [-0.2, 0) is 23.0 Å². The number of hydrogen-bond acceptors (Lipinski definition) is 4. The molecule has 1 N–H and O–H groups in total. The average molecular weight is 361 g/mol. The molecule has 1 aromatic carbocycles. The molecule has 0 aliphatic heterocycles. The average Bonchev–Trinajstić information content (AvgIpc) is 2.84. The van der Waals surface area contributed by atoms with Gasteiger partial charge in [-0.05, 0) is 24.6 Å². The van der Waals surface area contributed by atoms with Crippen molar-refractivity contribution in [2.75, 3.05) is 0 Å². The van der Waals surface area contributed by atoms with E-state index in [1.54, 1.807) is 30.5 Å². The van der Waals surface area contributed by atoms with Crippen LogP contribution in [-0.4, -0.2) is 13.4 Å². The van der Waals surface area contributed by atoms with Crippen LogP contribution in [0.5, 0.6) is 0 Å². The number of nitrogens with one attached hydrogen (secondary N) is 1. The Morgan fingerprint density at radius 3 is 2.84 bits per heavy atom. The van der Waals surface area contributed by atoms with Crippen LogP contribution in [0.2, 0.25) is 0 Å². The zero-order valence-corrected chi connectivity index (χ0v) is 13.5. The monoisotopic (exact) mass is 360 g/mol. The number of rotatable bonds is 5. The van der Waals surface area contributed by atoms with Crippen molar-refractivity contribution in [1.82, 2.24) is 9.71 Å². The van der Waals surface area contributed by atoms with E-state index in [9.17, 15) is 8.42 Å². The van der Waals surface area contributed by atoms with Crippen LogP contribution in [0.4, 0.5) is 0 Å². The number of aryl methyl sites for hydroxylation is 1. The molecule has 4 nitrogen and oxygen atoms in total. The Morgan fingerprint density at radius 2 is 2.21 bits per heavy atom. The predicted octanol–water partition coefficient (Wildman–Crippen LogP) is 2.95. The molecule has 0 aliphatic carbocycles. The molecular formula is C12H13BrN2O2S2. The number of sulfonamides is 1. The molecule has 0 saturated carbocycles. The maximum atomic E-state index is 12.1. The first-order valence-corrected chi connectivity index (χ1v) is 8.79. The Kier molecular flexibility index (Phi) is 4.72. The molecule has 102 valence electrons. The smallest absolute Gasteiger partial charge is 0.240 e. The summed E-state index contributed by atoms with van der Waals surface area (Å²) in [4.78, 5) is 5.58. The van der Waals surface area contributed by atoms with Crippen LogP contribution in [0.1, 0.15) is 16.8 Å². The fraction of sp³-hybridized carbons (Fsp3) is 0.250. The molecule has 0 bridgehead atoms. The molecule has 7 heteroatoms. The van der Waals surface area contributed by atoms with Crippen molar-refractivity contribution in [2.24, 2.45) is 0 Å². The molecule has 0 amide bonds. The highest BCUT2D eigenvalue weighted by atomic mass is 79.9. The van der Waals surface area contributed by atoms with Gasteiger partial charge < -0.3 is 0 Å². The van der Waals surface area contributed by atoms with Gasteiger partial charge >= 0.3 is 0 Å². The first-order valence-electron chi connectivity index (χ1n) is 5.70. The zero-order valence-electron chi connectivity index (χ0n) is 10.3. The summed E-state index contributed by atoms with van der Waals surface area (Å²) in [5, 5.41) is 0.774. The van der Waals surface area contributed by atoms with Gasteiger partial charge in [0.2, 0.25) is 10.0 Å². The molecule has 0 radical (unpaired) electrons. The van der Waals surface area contributed by atoms with E-state index in [-0.39, 0.29) is 11.4 Å². The van der Waals surface area contributed by atoms with Gasteiger partial charge in [-0.1, -0.05) is 28.9 Å². The summed E-state index contributed by atoms with van der Waals surface area (Å²) in [6.07, 6.45) is 2.70. The number of hydrogen-bond donors (Lipinski definition) is 1. The normalized spacial score (nSPS) is 11.7. The number of halogens is 1. The van der Waals surface area contributed by atoms with Crippen molar-refractivity contribution >= 4 is 37.3 Å². The standard InChI is InChI=1S/C12H13BrN2O2S2/c1-2-10-7-14-12(18-10)8-15-19(16,17)11-5-3-4-9(13)6-11/h3-7,15H,2,8H2,1H3. The van der Waals surface area contributed by atoms with Crippen LogP contribution in [0.25, 0.3) is 0 Å². The summed E-state index contributed by atoms with van der Waals surface area (Å²) in [5.74, 6) is 0. The van der Waals surface area contributed by atoms with Crippen molar-refractivity contribution in [2.45, 2.75) is 24.8 Å². The van der Waals surface area contributed by atoms with Gasteiger partial charge in [-0.15, -0.1) is 11.3 Å². The highest BCUT2D eigenvalue weighted by molar-refractivity contribution is 9.10. The lowest BCUT2D eigenvalue weighted by molar-refractivity contribution is 0.581. The van der Waals surface area contributed by atoms with Gasteiger partial charge in [0, 0.05) is 15.5 Å². The Bertz CT molecular complexity index is 668. The molecule has 1 heterocycles. The number of benzene rings is 1. The lowest BCUT2D eigenvalue weighted by atomic mass is 10.4. The molecule has 2 rings (SSSR count). The summed E-state index contributed by atoms with van der Waals surface area (Å²) < 4.78 is 27.4. The molecule has 0 atom stereocenters. The van der Waals surface area contributed by atoms with Gasteiger partial charge in [-0.3, -0.25) is 0 Å². The fourth-order valence-electron chi connectivity index (χ4n) is 1.47. The van der Waals surface area contributed by atoms with Crippen LogP contribution >= 0.6 is 27.3 Å². The van der Waals surface area contributed by atoms with Gasteiger partial charge in [-0.25, -0.2) is 18.1 Å². The first kappa shape index (κ1) is 14.6. The topological polar surface area (TPSA) is 59.1 Å². The summed E-state index contributed by atoms with van der Waals surface area (Å²) in [5.41, 5.74) is 0. The van der Waals surface area contributed by atoms with Gasteiger partial charge in [-0.2, -0.15) is 0 Å². The maximum absolute atomic E-state index is 12.1. The van der Waals surface area contributed by atoms with E-state index in [0.717, 1.165) is 20.8 Å². The minimum Gasteiger partial charge on any atom is -0.248 e. The first-order chi connectivity index (χ1) is 9.01. The van der Waals surface area contributed by atoms with Gasteiger partial charge in [0.15, 0.2) is 0 Å². The molecule has 0 saturated heterocycles. The van der Waals surface area contributed by atoms with Crippen molar-refractivity contribution in [3.8, 4) is 0 Å². The van der Waals surface area contributed by atoms with E-state index in [1.807, 2.05) is 6.92 Å². The lowest BCUT2D eigenvalue weighted by Crippen LogP contribution is -2.23. The van der Waals surface area contributed by atoms with Crippen molar-refractivity contribution in [3.63, 3.8) is 0 Å². The Hall–Kier alpha value is -0.760. The van der Waals surface area contributed by atoms with Crippen LogP contribution < -0.4 is 4.72 Å². The molecule has 2 aromatic rings. The predicted molar refractivity (Wildman–Crippen MR) is 79.7 cm³/mol. The highest BCUT2D eigenvalue weighted by Gasteiger charge is 2.14. The van der Waals surface area contributed by atoms with Crippen LogP contribution in [0.3, 0.4) is 0 Å². The molecule has 0 aliphatic rings. The summed E-state index contributed by atoms with van der Waals surface area (Å²) >= 11 is 4.79. The molecule has 1 aromatic heterocycles. The number of nitrogens with zero attached hydrogens (tertiary/aromatic N) is 1. The molecule has 0 fully saturated rings. The molecule has 0 unspecified atom stereocenters. The zero-order chi connectivity index (χ0) is 13.9. The summed E-state index contributed by atoms with van der Waals surface area (Å²) in [6.45, 7) is 2.27. The van der Waals surface area contributed by atoms with Gasteiger partial charge in [0.1, 0.15) is 5.01 Å². The number of thiazole rings is 1. The largest absolute Gasteiger partial charge is 0.248 e.